The van der Waals surface area contributed by atoms with E-state index in [4.69, 9.17) is 4.42 Å². The van der Waals surface area contributed by atoms with Gasteiger partial charge in [0.25, 0.3) is 5.91 Å². The number of carbonyl (C=O) groups excluding carboxylic acids is 2. The third-order valence-electron chi connectivity index (χ3n) is 4.56. The number of fused-ring (bicyclic) bond motifs is 3. The van der Waals surface area contributed by atoms with Crippen LogP contribution >= 0.6 is 11.8 Å². The lowest BCUT2D eigenvalue weighted by atomic mass is 10.0. The minimum Gasteiger partial charge on any atom is -0.467 e. The smallest absolute Gasteiger partial charge is 0.256 e. The number of benzene rings is 1. The fourth-order valence-electron chi connectivity index (χ4n) is 3.49. The zero-order valence-corrected chi connectivity index (χ0v) is 14.3. The van der Waals surface area contributed by atoms with Crippen LogP contribution in [0.1, 0.15) is 40.9 Å². The molecule has 2 amide bonds. The molecule has 124 valence electrons. The molecule has 0 saturated carbocycles. The molecule has 3 heterocycles. The van der Waals surface area contributed by atoms with Crippen LogP contribution in [0.4, 0.5) is 0 Å². The van der Waals surface area contributed by atoms with Gasteiger partial charge >= 0.3 is 0 Å². The predicted molar refractivity (Wildman–Crippen MR) is 91.4 cm³/mol. The molecule has 1 N–H and O–H groups in total. The van der Waals surface area contributed by atoms with Crippen LogP contribution in [0, 0.1) is 0 Å². The average Bonchev–Trinajstić information content (AvgIpc) is 3.22. The molecule has 0 aliphatic carbocycles. The van der Waals surface area contributed by atoms with Gasteiger partial charge in [-0.3, -0.25) is 9.59 Å². The number of nitrogens with one attached hydrogen (secondary N) is 1. The standard InChI is InChI=1S/C18H18N2O3S/c1-18(2)14(15(21)19-10-11-6-5-9-23-11)20-16(22)12-7-3-4-8-13(12)17(20)24-18/h3-9,14,17H,10H2,1-2H3,(H,19,21)/t14-,17+/m1/s1. The monoisotopic (exact) mass is 342 g/mol. The molecule has 24 heavy (non-hydrogen) atoms. The molecule has 2 aliphatic heterocycles. The Morgan fingerprint density at radius 2 is 2.08 bits per heavy atom. The van der Waals surface area contributed by atoms with Crippen molar-refractivity contribution in [1.82, 2.24) is 10.2 Å². The molecular weight excluding hydrogens is 324 g/mol. The third kappa shape index (κ3) is 2.24. The van der Waals surface area contributed by atoms with Crippen LogP contribution in [-0.4, -0.2) is 27.5 Å². The van der Waals surface area contributed by atoms with Crippen LogP contribution in [0.25, 0.3) is 0 Å². The summed E-state index contributed by atoms with van der Waals surface area (Å²) in [6.07, 6.45) is 1.58. The molecule has 1 fully saturated rings. The van der Waals surface area contributed by atoms with E-state index in [1.54, 1.807) is 29.0 Å². The van der Waals surface area contributed by atoms with Crippen LogP contribution in [-0.2, 0) is 11.3 Å². The van der Waals surface area contributed by atoms with Gasteiger partial charge in [-0.1, -0.05) is 18.2 Å². The van der Waals surface area contributed by atoms with Gasteiger partial charge < -0.3 is 14.6 Å². The van der Waals surface area contributed by atoms with Crippen molar-refractivity contribution in [2.75, 3.05) is 0 Å². The summed E-state index contributed by atoms with van der Waals surface area (Å²) in [6.45, 7) is 4.36. The van der Waals surface area contributed by atoms with Gasteiger partial charge in [0.05, 0.1) is 12.8 Å². The van der Waals surface area contributed by atoms with Gasteiger partial charge in [-0.15, -0.1) is 11.8 Å². The highest BCUT2D eigenvalue weighted by Gasteiger charge is 2.57. The van der Waals surface area contributed by atoms with E-state index in [0.717, 1.165) is 5.56 Å². The van der Waals surface area contributed by atoms with E-state index in [2.05, 4.69) is 5.32 Å². The minimum absolute atomic E-state index is 0.0631. The van der Waals surface area contributed by atoms with E-state index in [0.29, 0.717) is 17.9 Å². The SMILES string of the molecule is CC1(C)S[C@H]2c3ccccc3C(=O)N2[C@@H]1C(=O)NCc1ccco1. The number of thioether (sulfide) groups is 1. The lowest BCUT2D eigenvalue weighted by Gasteiger charge is -2.29. The predicted octanol–water partition coefficient (Wildman–Crippen LogP) is 2.94. The zero-order valence-electron chi connectivity index (χ0n) is 13.5. The minimum atomic E-state index is -0.512. The highest BCUT2D eigenvalue weighted by atomic mass is 32.2. The third-order valence-corrected chi connectivity index (χ3v) is 6.10. The van der Waals surface area contributed by atoms with Gasteiger partial charge in [-0.05, 0) is 37.6 Å². The highest BCUT2D eigenvalue weighted by Crippen LogP contribution is 2.56. The van der Waals surface area contributed by atoms with Crippen LogP contribution in [0.3, 0.4) is 0 Å². The molecule has 5 nitrogen and oxygen atoms in total. The first-order valence-corrected chi connectivity index (χ1v) is 8.76. The first-order valence-electron chi connectivity index (χ1n) is 7.88. The maximum atomic E-state index is 12.8. The summed E-state index contributed by atoms with van der Waals surface area (Å²) in [5.74, 6) is 0.485. The molecule has 2 aliphatic rings. The summed E-state index contributed by atoms with van der Waals surface area (Å²) in [7, 11) is 0. The van der Waals surface area contributed by atoms with Crippen molar-refractivity contribution in [3.05, 3.63) is 59.5 Å². The van der Waals surface area contributed by atoms with Crippen LogP contribution < -0.4 is 5.32 Å². The molecule has 0 spiro atoms. The number of furan rings is 1. The second-order valence-corrected chi connectivity index (χ2v) is 8.31. The van der Waals surface area contributed by atoms with E-state index >= 15 is 0 Å². The van der Waals surface area contributed by atoms with Gasteiger partial charge in [0.15, 0.2) is 0 Å². The summed E-state index contributed by atoms with van der Waals surface area (Å²) in [5, 5.41) is 2.81. The van der Waals surface area contributed by atoms with E-state index < -0.39 is 6.04 Å². The summed E-state index contributed by atoms with van der Waals surface area (Å²) in [4.78, 5) is 27.4. The van der Waals surface area contributed by atoms with Crippen LogP contribution in [0.15, 0.2) is 47.1 Å². The molecule has 0 unspecified atom stereocenters. The first kappa shape index (κ1) is 15.3. The number of rotatable bonds is 3. The molecule has 1 saturated heterocycles. The Kier molecular flexibility index (Phi) is 3.46. The van der Waals surface area contributed by atoms with E-state index in [1.807, 2.05) is 44.2 Å². The molecule has 2 aromatic rings. The number of hydrogen-bond acceptors (Lipinski definition) is 4. The molecule has 0 radical (unpaired) electrons. The summed E-state index contributed by atoms with van der Waals surface area (Å²) < 4.78 is 4.90. The second kappa shape index (κ2) is 5.41. The summed E-state index contributed by atoms with van der Waals surface area (Å²) in [6, 6.07) is 10.7. The maximum Gasteiger partial charge on any atom is 0.256 e. The van der Waals surface area contributed by atoms with Crippen LogP contribution in [0.5, 0.6) is 0 Å². The fourth-order valence-corrected chi connectivity index (χ4v) is 5.08. The van der Waals surface area contributed by atoms with E-state index in [9.17, 15) is 9.59 Å². The molecule has 4 rings (SSSR count). The van der Waals surface area contributed by atoms with Gasteiger partial charge in [0.2, 0.25) is 5.91 Å². The molecule has 6 heteroatoms. The van der Waals surface area contributed by atoms with Crippen LogP contribution in [0.2, 0.25) is 0 Å². The summed E-state index contributed by atoms with van der Waals surface area (Å²) in [5.41, 5.74) is 1.70. The molecule has 0 bridgehead atoms. The van der Waals surface area contributed by atoms with Gasteiger partial charge in [-0.25, -0.2) is 0 Å². The van der Waals surface area contributed by atoms with Crippen molar-refractivity contribution in [3.8, 4) is 0 Å². The molecule has 1 aromatic heterocycles. The van der Waals surface area contributed by atoms with Gasteiger partial charge in [0, 0.05) is 10.3 Å². The fraction of sp³-hybridized carbons (Fsp3) is 0.333. The quantitative estimate of drug-likeness (QED) is 0.931. The van der Waals surface area contributed by atoms with Gasteiger partial charge in [-0.2, -0.15) is 0 Å². The van der Waals surface area contributed by atoms with Crippen molar-refractivity contribution < 1.29 is 14.0 Å². The topological polar surface area (TPSA) is 62.6 Å². The largest absolute Gasteiger partial charge is 0.467 e. The number of carbonyl (C=O) groups is 2. The van der Waals surface area contributed by atoms with Gasteiger partial charge in [0.1, 0.15) is 17.2 Å². The first-order chi connectivity index (χ1) is 11.5. The van der Waals surface area contributed by atoms with E-state index in [-0.39, 0.29) is 21.9 Å². The van der Waals surface area contributed by atoms with Crippen molar-refractivity contribution in [1.29, 1.82) is 0 Å². The Morgan fingerprint density at radius 3 is 2.83 bits per heavy atom. The molecular formula is C18H18N2O3S. The van der Waals surface area contributed by atoms with Crippen molar-refractivity contribution >= 4 is 23.6 Å². The Morgan fingerprint density at radius 1 is 1.29 bits per heavy atom. The number of hydrogen-bond donors (Lipinski definition) is 1. The molecule has 1 aromatic carbocycles. The Bertz CT molecular complexity index is 800. The lowest BCUT2D eigenvalue weighted by molar-refractivity contribution is -0.126. The Balaban J connectivity index is 1.61. The maximum absolute atomic E-state index is 12.8. The summed E-state index contributed by atoms with van der Waals surface area (Å²) >= 11 is 1.67. The number of nitrogens with zero attached hydrogens (tertiary/aromatic N) is 1. The van der Waals surface area contributed by atoms with Crippen molar-refractivity contribution in [2.45, 2.75) is 36.6 Å². The Labute approximate surface area is 144 Å². The van der Waals surface area contributed by atoms with E-state index in [1.165, 1.54) is 0 Å². The molecule has 2 atom stereocenters. The Hall–Kier alpha value is -2.21. The van der Waals surface area contributed by atoms with Crippen molar-refractivity contribution in [2.24, 2.45) is 0 Å². The highest BCUT2D eigenvalue weighted by molar-refractivity contribution is 8.01. The zero-order chi connectivity index (χ0) is 16.9. The normalized spacial score (nSPS) is 23.9. The number of amides is 2. The second-order valence-electron chi connectivity index (χ2n) is 6.57. The average molecular weight is 342 g/mol. The lowest BCUT2D eigenvalue weighted by Crippen LogP contribution is -2.52. The van der Waals surface area contributed by atoms with Crippen molar-refractivity contribution in [3.63, 3.8) is 0 Å².